The van der Waals surface area contributed by atoms with E-state index in [1.807, 2.05) is 6.07 Å². The molecule has 138 valence electrons. The second kappa shape index (κ2) is 6.78. The highest BCUT2D eigenvalue weighted by molar-refractivity contribution is 5.94. The summed E-state index contributed by atoms with van der Waals surface area (Å²) in [6.07, 6.45) is -2.62. The topological polar surface area (TPSA) is 90.4 Å². The lowest BCUT2D eigenvalue weighted by atomic mass is 10.00. The number of anilines is 2. The van der Waals surface area contributed by atoms with Gasteiger partial charge >= 0.3 is 6.36 Å². The van der Waals surface area contributed by atoms with E-state index < -0.39 is 12.3 Å². The maximum Gasteiger partial charge on any atom is 0.573 e. The van der Waals surface area contributed by atoms with Gasteiger partial charge in [-0.05, 0) is 60.2 Å². The molecule has 8 heteroatoms. The Morgan fingerprint density at radius 3 is 2.35 bits per heavy atom. The summed E-state index contributed by atoms with van der Waals surface area (Å²) in [6, 6.07) is 8.39. The molecule has 5 N–H and O–H groups in total. The number of alkyl halides is 3. The summed E-state index contributed by atoms with van der Waals surface area (Å²) in [5.74, 6) is -0.374. The number of amides is 1. The zero-order valence-corrected chi connectivity index (χ0v) is 13.8. The third-order valence-corrected chi connectivity index (χ3v) is 4.22. The minimum absolute atomic E-state index is 0.197. The van der Waals surface area contributed by atoms with E-state index in [1.54, 1.807) is 6.07 Å². The van der Waals surface area contributed by atoms with E-state index in [4.69, 9.17) is 11.5 Å². The van der Waals surface area contributed by atoms with Gasteiger partial charge in [0.15, 0.2) is 0 Å². The van der Waals surface area contributed by atoms with E-state index in [0.29, 0.717) is 17.3 Å². The average molecular weight is 365 g/mol. The Labute approximate surface area is 148 Å². The molecule has 0 spiro atoms. The van der Waals surface area contributed by atoms with Crippen molar-refractivity contribution in [2.24, 2.45) is 0 Å². The summed E-state index contributed by atoms with van der Waals surface area (Å²) < 4.78 is 40.3. The molecule has 0 saturated heterocycles. The largest absolute Gasteiger partial charge is 0.573 e. The Kier molecular flexibility index (Phi) is 4.67. The first-order valence-corrected chi connectivity index (χ1v) is 8.05. The number of ether oxygens (including phenoxy) is 1. The monoisotopic (exact) mass is 365 g/mol. The van der Waals surface area contributed by atoms with Gasteiger partial charge in [0, 0.05) is 12.1 Å². The summed E-state index contributed by atoms with van der Waals surface area (Å²) in [6.45, 7) is 0.197. The Morgan fingerprint density at radius 1 is 1.12 bits per heavy atom. The summed E-state index contributed by atoms with van der Waals surface area (Å²) >= 11 is 0. The predicted octanol–water partition coefficient (Wildman–Crippen LogP) is 3.56. The third-order valence-electron chi connectivity index (χ3n) is 4.22. The van der Waals surface area contributed by atoms with Crippen LogP contribution in [-0.4, -0.2) is 12.3 Å². The van der Waals surface area contributed by atoms with Crippen LogP contribution in [0.3, 0.4) is 0 Å². The van der Waals surface area contributed by atoms with Crippen molar-refractivity contribution in [3.63, 3.8) is 0 Å². The second-order valence-corrected chi connectivity index (χ2v) is 6.17. The molecule has 1 aliphatic carbocycles. The van der Waals surface area contributed by atoms with Crippen LogP contribution in [0.1, 0.15) is 40.2 Å². The number of nitrogens with two attached hydrogens (primary N) is 2. The fourth-order valence-electron chi connectivity index (χ4n) is 2.75. The van der Waals surface area contributed by atoms with Crippen LogP contribution in [0.25, 0.3) is 0 Å². The van der Waals surface area contributed by atoms with E-state index in [-0.39, 0.29) is 17.9 Å². The number of nitrogens with one attached hydrogen (secondary N) is 1. The molecule has 26 heavy (non-hydrogen) atoms. The van der Waals surface area contributed by atoms with E-state index in [1.165, 1.54) is 12.1 Å². The van der Waals surface area contributed by atoms with Gasteiger partial charge in [-0.3, -0.25) is 4.79 Å². The molecule has 0 aliphatic heterocycles. The normalized spacial score (nSPS) is 14.1. The molecule has 1 aliphatic rings. The molecule has 1 fully saturated rings. The van der Waals surface area contributed by atoms with Gasteiger partial charge < -0.3 is 21.5 Å². The van der Waals surface area contributed by atoms with Crippen LogP contribution in [0.2, 0.25) is 0 Å². The molecule has 5 nitrogen and oxygen atoms in total. The zero-order chi connectivity index (χ0) is 18.9. The van der Waals surface area contributed by atoms with Crippen LogP contribution in [0.15, 0.2) is 36.4 Å². The van der Waals surface area contributed by atoms with Crippen molar-refractivity contribution < 1.29 is 22.7 Å². The first-order chi connectivity index (χ1) is 12.2. The molecule has 3 rings (SSSR count). The van der Waals surface area contributed by atoms with Gasteiger partial charge in [-0.1, -0.05) is 6.07 Å². The van der Waals surface area contributed by atoms with Crippen molar-refractivity contribution in [3.05, 3.63) is 53.1 Å². The summed E-state index contributed by atoms with van der Waals surface area (Å²) in [4.78, 5) is 12.3. The van der Waals surface area contributed by atoms with Crippen LogP contribution < -0.4 is 21.5 Å². The van der Waals surface area contributed by atoms with Crippen molar-refractivity contribution in [3.8, 4) is 5.75 Å². The molecule has 2 aromatic rings. The van der Waals surface area contributed by atoms with Gasteiger partial charge in [-0.25, -0.2) is 0 Å². The standard InChI is InChI=1S/C18H18F3N3O2/c19-18(20,21)26-12-5-3-11(4-6-12)17(25)24-9-14-13(10-1-2-10)7-8-15(22)16(14)23/h3-8,10H,1-2,9,22-23H2,(H,24,25). The van der Waals surface area contributed by atoms with Crippen molar-refractivity contribution >= 4 is 17.3 Å². The van der Waals surface area contributed by atoms with E-state index in [0.717, 1.165) is 36.1 Å². The molecule has 1 saturated carbocycles. The van der Waals surface area contributed by atoms with Crippen molar-refractivity contribution in [1.29, 1.82) is 0 Å². The molecule has 0 atom stereocenters. The van der Waals surface area contributed by atoms with Crippen LogP contribution in [0.5, 0.6) is 5.75 Å². The molecule has 0 aromatic heterocycles. The molecular formula is C18H18F3N3O2. The van der Waals surface area contributed by atoms with Gasteiger partial charge in [0.05, 0.1) is 11.4 Å². The second-order valence-electron chi connectivity index (χ2n) is 6.17. The minimum atomic E-state index is -4.77. The van der Waals surface area contributed by atoms with E-state index in [9.17, 15) is 18.0 Å². The molecule has 2 aromatic carbocycles. The Hall–Kier alpha value is -2.90. The predicted molar refractivity (Wildman–Crippen MR) is 91.5 cm³/mol. The number of benzene rings is 2. The van der Waals surface area contributed by atoms with Gasteiger partial charge in [0.2, 0.25) is 0 Å². The minimum Gasteiger partial charge on any atom is -0.406 e. The SMILES string of the molecule is Nc1ccc(C2CC2)c(CNC(=O)c2ccc(OC(F)(F)F)cc2)c1N. The summed E-state index contributed by atoms with van der Waals surface area (Å²) in [7, 11) is 0. The number of hydrogen-bond donors (Lipinski definition) is 3. The molecule has 0 unspecified atom stereocenters. The third kappa shape index (κ3) is 4.19. The highest BCUT2D eigenvalue weighted by Crippen LogP contribution is 2.43. The Bertz CT molecular complexity index is 816. The molecule has 0 radical (unpaired) electrons. The maximum atomic E-state index is 12.3. The van der Waals surface area contributed by atoms with Crippen LogP contribution in [-0.2, 0) is 6.54 Å². The van der Waals surface area contributed by atoms with Gasteiger partial charge in [-0.2, -0.15) is 0 Å². The summed E-state index contributed by atoms with van der Waals surface area (Å²) in [5, 5.41) is 2.74. The summed E-state index contributed by atoms with van der Waals surface area (Å²) in [5.41, 5.74) is 14.9. The first kappa shape index (κ1) is 17.9. The number of halogens is 3. The van der Waals surface area contributed by atoms with Crippen molar-refractivity contribution in [1.82, 2.24) is 5.32 Å². The number of rotatable bonds is 5. The lowest BCUT2D eigenvalue weighted by Gasteiger charge is -2.15. The van der Waals surface area contributed by atoms with Gasteiger partial charge in [0.1, 0.15) is 5.75 Å². The number of hydrogen-bond acceptors (Lipinski definition) is 4. The first-order valence-electron chi connectivity index (χ1n) is 8.05. The van der Waals surface area contributed by atoms with Gasteiger partial charge in [0.25, 0.3) is 5.91 Å². The van der Waals surface area contributed by atoms with E-state index >= 15 is 0 Å². The maximum absolute atomic E-state index is 12.3. The Balaban J connectivity index is 1.69. The van der Waals surface area contributed by atoms with E-state index in [2.05, 4.69) is 10.1 Å². The van der Waals surface area contributed by atoms with Crippen LogP contribution in [0, 0.1) is 0 Å². The molecule has 0 heterocycles. The van der Waals surface area contributed by atoms with Gasteiger partial charge in [-0.15, -0.1) is 13.2 Å². The highest BCUT2D eigenvalue weighted by atomic mass is 19.4. The molecular weight excluding hydrogens is 347 g/mol. The Morgan fingerprint density at radius 2 is 1.77 bits per heavy atom. The lowest BCUT2D eigenvalue weighted by molar-refractivity contribution is -0.274. The van der Waals surface area contributed by atoms with Crippen LogP contribution >= 0.6 is 0 Å². The van der Waals surface area contributed by atoms with Crippen molar-refractivity contribution in [2.45, 2.75) is 31.7 Å². The fourth-order valence-corrected chi connectivity index (χ4v) is 2.75. The van der Waals surface area contributed by atoms with Crippen LogP contribution in [0.4, 0.5) is 24.5 Å². The molecule has 1 amide bonds. The quantitative estimate of drug-likeness (QED) is 0.707. The number of carbonyl (C=O) groups excluding carboxylic acids is 1. The molecule has 0 bridgehead atoms. The average Bonchev–Trinajstić information content (AvgIpc) is 3.40. The fraction of sp³-hybridized carbons (Fsp3) is 0.278. The number of nitrogen functional groups attached to an aromatic ring is 2. The zero-order valence-electron chi connectivity index (χ0n) is 13.8. The van der Waals surface area contributed by atoms with Crippen molar-refractivity contribution in [2.75, 3.05) is 11.5 Å². The highest BCUT2D eigenvalue weighted by Gasteiger charge is 2.31. The lowest BCUT2D eigenvalue weighted by Crippen LogP contribution is -2.24. The number of carbonyl (C=O) groups is 1. The smallest absolute Gasteiger partial charge is 0.406 e.